The first-order valence-electron chi connectivity index (χ1n) is 7.40. The summed E-state index contributed by atoms with van der Waals surface area (Å²) >= 11 is 0. The van der Waals surface area contributed by atoms with Crippen LogP contribution in [-0.4, -0.2) is 16.5 Å². The molecule has 1 heterocycles. The number of hydrogen-bond acceptors (Lipinski definition) is 3. The molecule has 3 nitrogen and oxygen atoms in total. The van der Waals surface area contributed by atoms with E-state index in [1.807, 2.05) is 13.0 Å². The Morgan fingerprint density at radius 3 is 2.62 bits per heavy atom. The standard InChI is InChI=1S/C17H22FN3/c1-5-8-19-16-10-15(11(2)3)20-17(21-16)14-9-13(18)7-6-12(14)4/h6-7,9-11H,5,8H2,1-4H3,(H,19,20,21). The number of nitrogens with one attached hydrogen (secondary N) is 1. The van der Waals surface area contributed by atoms with Crippen LogP contribution in [0.25, 0.3) is 11.4 Å². The molecule has 0 unspecified atom stereocenters. The molecule has 0 fully saturated rings. The van der Waals surface area contributed by atoms with Gasteiger partial charge in [-0.2, -0.15) is 0 Å². The summed E-state index contributed by atoms with van der Waals surface area (Å²) in [6.07, 6.45) is 1.02. The van der Waals surface area contributed by atoms with Crippen LogP contribution in [-0.2, 0) is 0 Å². The van der Waals surface area contributed by atoms with E-state index in [0.717, 1.165) is 35.6 Å². The minimum atomic E-state index is -0.266. The Labute approximate surface area is 125 Å². The highest BCUT2D eigenvalue weighted by Crippen LogP contribution is 2.25. The normalized spacial score (nSPS) is 11.0. The van der Waals surface area contributed by atoms with Crippen molar-refractivity contribution >= 4 is 5.82 Å². The first-order chi connectivity index (χ1) is 10.0. The van der Waals surface area contributed by atoms with E-state index in [1.54, 1.807) is 6.07 Å². The first kappa shape index (κ1) is 15.4. The molecule has 0 amide bonds. The van der Waals surface area contributed by atoms with E-state index in [-0.39, 0.29) is 5.82 Å². The number of rotatable bonds is 5. The molecule has 21 heavy (non-hydrogen) atoms. The van der Waals surface area contributed by atoms with Gasteiger partial charge in [-0.15, -0.1) is 0 Å². The van der Waals surface area contributed by atoms with E-state index < -0.39 is 0 Å². The second-order valence-corrected chi connectivity index (χ2v) is 5.54. The van der Waals surface area contributed by atoms with Crippen LogP contribution in [0.4, 0.5) is 10.2 Å². The van der Waals surface area contributed by atoms with E-state index in [9.17, 15) is 4.39 Å². The molecular formula is C17H22FN3. The molecule has 0 bridgehead atoms. The van der Waals surface area contributed by atoms with Crippen molar-refractivity contribution in [3.8, 4) is 11.4 Å². The number of nitrogens with zero attached hydrogens (tertiary/aromatic N) is 2. The zero-order chi connectivity index (χ0) is 15.4. The number of halogens is 1. The number of anilines is 1. The number of hydrogen-bond donors (Lipinski definition) is 1. The molecule has 0 aliphatic rings. The molecule has 0 aliphatic carbocycles. The maximum absolute atomic E-state index is 13.5. The molecule has 1 aromatic heterocycles. The van der Waals surface area contributed by atoms with E-state index in [0.29, 0.717) is 11.7 Å². The van der Waals surface area contributed by atoms with Gasteiger partial charge in [-0.1, -0.05) is 26.8 Å². The summed E-state index contributed by atoms with van der Waals surface area (Å²) in [7, 11) is 0. The van der Waals surface area contributed by atoms with Gasteiger partial charge in [0.15, 0.2) is 5.82 Å². The zero-order valence-corrected chi connectivity index (χ0v) is 13.1. The van der Waals surface area contributed by atoms with Crippen molar-refractivity contribution in [3.63, 3.8) is 0 Å². The Morgan fingerprint density at radius 2 is 1.95 bits per heavy atom. The van der Waals surface area contributed by atoms with Crippen LogP contribution in [0.2, 0.25) is 0 Å². The van der Waals surface area contributed by atoms with Crippen LogP contribution >= 0.6 is 0 Å². The lowest BCUT2D eigenvalue weighted by molar-refractivity contribution is 0.627. The van der Waals surface area contributed by atoms with Crippen LogP contribution in [0.3, 0.4) is 0 Å². The molecule has 0 aliphatic heterocycles. The highest BCUT2D eigenvalue weighted by Gasteiger charge is 2.12. The lowest BCUT2D eigenvalue weighted by Gasteiger charge is -2.13. The van der Waals surface area contributed by atoms with Crippen molar-refractivity contribution in [2.45, 2.75) is 40.0 Å². The zero-order valence-electron chi connectivity index (χ0n) is 13.1. The van der Waals surface area contributed by atoms with Crippen LogP contribution in [0.15, 0.2) is 24.3 Å². The van der Waals surface area contributed by atoms with Crippen molar-refractivity contribution in [3.05, 3.63) is 41.3 Å². The monoisotopic (exact) mass is 287 g/mol. The minimum absolute atomic E-state index is 0.266. The van der Waals surface area contributed by atoms with Gasteiger partial charge in [-0.25, -0.2) is 14.4 Å². The third-order valence-electron chi connectivity index (χ3n) is 3.33. The van der Waals surface area contributed by atoms with Crippen LogP contribution in [0.1, 0.15) is 44.4 Å². The van der Waals surface area contributed by atoms with Gasteiger partial charge in [-0.3, -0.25) is 0 Å². The Balaban J connectivity index is 2.51. The van der Waals surface area contributed by atoms with Crippen molar-refractivity contribution < 1.29 is 4.39 Å². The third-order valence-corrected chi connectivity index (χ3v) is 3.33. The summed E-state index contributed by atoms with van der Waals surface area (Å²) in [5.41, 5.74) is 2.68. The van der Waals surface area contributed by atoms with Gasteiger partial charge in [0.2, 0.25) is 0 Å². The van der Waals surface area contributed by atoms with Gasteiger partial charge in [0, 0.05) is 23.9 Å². The second-order valence-electron chi connectivity index (χ2n) is 5.54. The van der Waals surface area contributed by atoms with Crippen molar-refractivity contribution in [1.29, 1.82) is 0 Å². The van der Waals surface area contributed by atoms with E-state index in [4.69, 9.17) is 0 Å². The van der Waals surface area contributed by atoms with Gasteiger partial charge < -0.3 is 5.32 Å². The van der Waals surface area contributed by atoms with Crippen molar-refractivity contribution in [2.75, 3.05) is 11.9 Å². The summed E-state index contributed by atoms with van der Waals surface area (Å²) in [6.45, 7) is 9.09. The van der Waals surface area contributed by atoms with Crippen LogP contribution < -0.4 is 5.32 Å². The smallest absolute Gasteiger partial charge is 0.162 e. The molecule has 0 spiro atoms. The molecule has 0 radical (unpaired) electrons. The molecule has 0 saturated heterocycles. The molecular weight excluding hydrogens is 265 g/mol. The average Bonchev–Trinajstić information content (AvgIpc) is 2.47. The first-order valence-corrected chi connectivity index (χ1v) is 7.40. The number of aromatic nitrogens is 2. The maximum Gasteiger partial charge on any atom is 0.162 e. The quantitative estimate of drug-likeness (QED) is 0.877. The lowest BCUT2D eigenvalue weighted by atomic mass is 10.1. The van der Waals surface area contributed by atoms with Gasteiger partial charge >= 0.3 is 0 Å². The Bertz CT molecular complexity index is 623. The van der Waals surface area contributed by atoms with Gasteiger partial charge in [-0.05, 0) is 37.0 Å². The maximum atomic E-state index is 13.5. The minimum Gasteiger partial charge on any atom is -0.370 e. The third kappa shape index (κ3) is 3.78. The fourth-order valence-corrected chi connectivity index (χ4v) is 2.06. The molecule has 4 heteroatoms. The SMILES string of the molecule is CCCNc1cc(C(C)C)nc(-c2cc(F)ccc2C)n1. The van der Waals surface area contributed by atoms with Crippen molar-refractivity contribution in [2.24, 2.45) is 0 Å². The summed E-state index contributed by atoms with van der Waals surface area (Å²) in [4.78, 5) is 9.13. The van der Waals surface area contributed by atoms with Crippen LogP contribution in [0, 0.1) is 12.7 Å². The molecule has 112 valence electrons. The Morgan fingerprint density at radius 1 is 1.19 bits per heavy atom. The molecule has 2 rings (SSSR count). The average molecular weight is 287 g/mol. The summed E-state index contributed by atoms with van der Waals surface area (Å²) < 4.78 is 13.5. The van der Waals surface area contributed by atoms with Gasteiger partial charge in [0.1, 0.15) is 11.6 Å². The topological polar surface area (TPSA) is 37.8 Å². The molecule has 0 saturated carbocycles. The Hall–Kier alpha value is -1.97. The van der Waals surface area contributed by atoms with E-state index >= 15 is 0 Å². The fourth-order valence-electron chi connectivity index (χ4n) is 2.06. The lowest BCUT2D eigenvalue weighted by Crippen LogP contribution is -2.06. The Kier molecular flexibility index (Phi) is 4.89. The largest absolute Gasteiger partial charge is 0.370 e. The fraction of sp³-hybridized carbons (Fsp3) is 0.412. The highest BCUT2D eigenvalue weighted by atomic mass is 19.1. The predicted molar refractivity (Wildman–Crippen MR) is 85.0 cm³/mol. The second kappa shape index (κ2) is 6.66. The van der Waals surface area contributed by atoms with Crippen LogP contribution in [0.5, 0.6) is 0 Å². The van der Waals surface area contributed by atoms with Crippen molar-refractivity contribution in [1.82, 2.24) is 9.97 Å². The number of benzene rings is 1. The van der Waals surface area contributed by atoms with Gasteiger partial charge in [0.25, 0.3) is 0 Å². The number of aryl methyl sites for hydroxylation is 1. The molecule has 2 aromatic rings. The molecule has 0 atom stereocenters. The summed E-state index contributed by atoms with van der Waals surface area (Å²) in [5.74, 6) is 1.41. The summed E-state index contributed by atoms with van der Waals surface area (Å²) in [6, 6.07) is 6.69. The molecule has 1 N–H and O–H groups in total. The highest BCUT2D eigenvalue weighted by molar-refractivity contribution is 5.62. The summed E-state index contributed by atoms with van der Waals surface area (Å²) in [5, 5.41) is 3.29. The predicted octanol–water partition coefficient (Wildman–Crippen LogP) is 4.54. The van der Waals surface area contributed by atoms with E-state index in [2.05, 4.69) is 36.1 Å². The molecule has 1 aromatic carbocycles. The van der Waals surface area contributed by atoms with E-state index in [1.165, 1.54) is 12.1 Å². The van der Waals surface area contributed by atoms with Gasteiger partial charge in [0.05, 0.1) is 0 Å².